The molecule has 0 aliphatic carbocycles. The van der Waals surface area contributed by atoms with Crippen molar-refractivity contribution < 1.29 is 4.74 Å². The molecule has 0 radical (unpaired) electrons. The Bertz CT molecular complexity index is 246. The van der Waals surface area contributed by atoms with Gasteiger partial charge in [-0.3, -0.25) is 4.90 Å². The van der Waals surface area contributed by atoms with Gasteiger partial charge in [0.05, 0.1) is 6.61 Å². The first-order chi connectivity index (χ1) is 10.2. The van der Waals surface area contributed by atoms with Gasteiger partial charge >= 0.3 is 0 Å². The lowest BCUT2D eigenvalue weighted by Gasteiger charge is -2.32. The molecule has 21 heavy (non-hydrogen) atoms. The van der Waals surface area contributed by atoms with Crippen LogP contribution in [0.1, 0.15) is 91.9 Å². The Hall–Kier alpha value is -0.0800. The number of unbranched alkanes of at least 4 members (excludes halogenated alkanes) is 8. The number of epoxide rings is 1. The van der Waals surface area contributed by atoms with Crippen LogP contribution in [0.15, 0.2) is 0 Å². The van der Waals surface area contributed by atoms with Crippen molar-refractivity contribution in [3.8, 4) is 0 Å². The zero-order valence-electron chi connectivity index (χ0n) is 15.1. The third kappa shape index (κ3) is 7.15. The van der Waals surface area contributed by atoms with Crippen molar-refractivity contribution in [2.75, 3.05) is 19.7 Å². The van der Waals surface area contributed by atoms with Gasteiger partial charge < -0.3 is 4.74 Å². The van der Waals surface area contributed by atoms with E-state index < -0.39 is 0 Å². The maximum atomic E-state index is 5.73. The molecule has 0 aromatic carbocycles. The van der Waals surface area contributed by atoms with Crippen LogP contribution in [0, 0.1) is 0 Å². The molecule has 1 aliphatic rings. The van der Waals surface area contributed by atoms with Crippen molar-refractivity contribution >= 4 is 0 Å². The summed E-state index contributed by atoms with van der Waals surface area (Å²) >= 11 is 0. The molecule has 0 spiro atoms. The van der Waals surface area contributed by atoms with Crippen molar-refractivity contribution in [2.45, 2.75) is 104 Å². The van der Waals surface area contributed by atoms with Gasteiger partial charge in [0.15, 0.2) is 0 Å². The second kappa shape index (κ2) is 10.6. The topological polar surface area (TPSA) is 15.8 Å². The first kappa shape index (κ1) is 19.0. The van der Waals surface area contributed by atoms with Gasteiger partial charge in [-0.25, -0.2) is 0 Å². The van der Waals surface area contributed by atoms with Crippen LogP contribution in [-0.4, -0.2) is 36.2 Å². The van der Waals surface area contributed by atoms with Crippen LogP contribution in [-0.2, 0) is 4.74 Å². The number of likely N-dealkylation sites (N-methyl/N-ethyl adjacent to an activating group) is 1. The highest BCUT2D eigenvalue weighted by Gasteiger charge is 2.48. The molecule has 0 bridgehead atoms. The van der Waals surface area contributed by atoms with E-state index in [-0.39, 0.29) is 5.60 Å². The van der Waals surface area contributed by atoms with E-state index in [0.29, 0.717) is 6.04 Å². The molecule has 0 aromatic heterocycles. The Morgan fingerprint density at radius 2 is 1.33 bits per heavy atom. The second-order valence-electron chi connectivity index (χ2n) is 6.96. The van der Waals surface area contributed by atoms with Crippen LogP contribution in [0.3, 0.4) is 0 Å². The average molecular weight is 298 g/mol. The fourth-order valence-electron chi connectivity index (χ4n) is 3.49. The fourth-order valence-corrected chi connectivity index (χ4v) is 3.49. The third-order valence-corrected chi connectivity index (χ3v) is 5.14. The van der Waals surface area contributed by atoms with Crippen LogP contribution in [0.2, 0.25) is 0 Å². The summed E-state index contributed by atoms with van der Waals surface area (Å²) in [5.41, 5.74) is 0.159. The molecule has 0 amide bonds. The number of nitrogens with zero attached hydrogens (tertiary/aromatic N) is 1. The van der Waals surface area contributed by atoms with E-state index >= 15 is 0 Å². The number of hydrogen-bond acceptors (Lipinski definition) is 2. The maximum absolute atomic E-state index is 5.73. The van der Waals surface area contributed by atoms with Gasteiger partial charge in [-0.2, -0.15) is 0 Å². The van der Waals surface area contributed by atoms with E-state index in [9.17, 15) is 0 Å². The molecule has 1 saturated heterocycles. The van der Waals surface area contributed by atoms with Crippen molar-refractivity contribution in [3.63, 3.8) is 0 Å². The fraction of sp³-hybridized carbons (Fsp3) is 1.00. The van der Waals surface area contributed by atoms with Crippen molar-refractivity contribution in [1.29, 1.82) is 0 Å². The zero-order chi connectivity index (χ0) is 15.6. The standard InChI is InChI=1S/C19H39NO/c1-5-8-9-10-11-12-13-14-15-16-18(19(4)17-21-19)20(6-2)7-3/h18H,5-17H2,1-4H3. The Kier molecular flexibility index (Phi) is 9.59. The predicted octanol–water partition coefficient (Wildman–Crippen LogP) is 5.41. The molecule has 0 aromatic rings. The van der Waals surface area contributed by atoms with Gasteiger partial charge in [0.1, 0.15) is 5.60 Å². The summed E-state index contributed by atoms with van der Waals surface area (Å²) in [7, 11) is 0. The molecule has 1 rings (SSSR count). The lowest BCUT2D eigenvalue weighted by Crippen LogP contribution is -2.44. The first-order valence-electron chi connectivity index (χ1n) is 9.56. The first-order valence-corrected chi connectivity index (χ1v) is 9.56. The van der Waals surface area contributed by atoms with Gasteiger partial charge in [0.25, 0.3) is 0 Å². The summed E-state index contributed by atoms with van der Waals surface area (Å²) in [5.74, 6) is 0. The van der Waals surface area contributed by atoms with Crippen molar-refractivity contribution in [3.05, 3.63) is 0 Å². The second-order valence-corrected chi connectivity index (χ2v) is 6.96. The highest BCUT2D eigenvalue weighted by molar-refractivity contribution is 4.99. The molecule has 1 aliphatic heterocycles. The van der Waals surface area contributed by atoms with Crippen molar-refractivity contribution in [2.24, 2.45) is 0 Å². The van der Waals surface area contributed by atoms with Crippen LogP contribution in [0.5, 0.6) is 0 Å². The summed E-state index contributed by atoms with van der Waals surface area (Å²) in [5, 5.41) is 0. The summed E-state index contributed by atoms with van der Waals surface area (Å²) < 4.78 is 5.73. The van der Waals surface area contributed by atoms with Crippen LogP contribution in [0.25, 0.3) is 0 Å². The van der Waals surface area contributed by atoms with Gasteiger partial charge in [0, 0.05) is 6.04 Å². The Morgan fingerprint density at radius 1 is 0.857 bits per heavy atom. The highest BCUT2D eigenvalue weighted by Crippen LogP contribution is 2.36. The summed E-state index contributed by atoms with van der Waals surface area (Å²) in [6, 6.07) is 0.636. The lowest BCUT2D eigenvalue weighted by atomic mass is 9.94. The Labute approximate surface area is 133 Å². The molecule has 2 unspecified atom stereocenters. The smallest absolute Gasteiger partial charge is 0.104 e. The number of ether oxygens (including phenoxy) is 1. The highest BCUT2D eigenvalue weighted by atomic mass is 16.6. The van der Waals surface area contributed by atoms with Gasteiger partial charge in [-0.1, -0.05) is 78.6 Å². The molecule has 2 nitrogen and oxygen atoms in total. The summed E-state index contributed by atoms with van der Waals surface area (Å²) in [6.07, 6.45) is 14.1. The largest absolute Gasteiger partial charge is 0.368 e. The maximum Gasteiger partial charge on any atom is 0.104 e. The minimum absolute atomic E-state index is 0.159. The van der Waals surface area contributed by atoms with Gasteiger partial charge in [0.2, 0.25) is 0 Å². The Morgan fingerprint density at radius 3 is 1.76 bits per heavy atom. The van der Waals surface area contributed by atoms with Crippen LogP contribution in [0.4, 0.5) is 0 Å². The summed E-state index contributed by atoms with van der Waals surface area (Å²) in [4.78, 5) is 2.59. The molecule has 2 atom stereocenters. The van der Waals surface area contributed by atoms with E-state index in [2.05, 4.69) is 32.6 Å². The lowest BCUT2D eigenvalue weighted by molar-refractivity contribution is 0.116. The van der Waals surface area contributed by atoms with Gasteiger partial charge in [-0.05, 0) is 26.4 Å². The molecule has 1 fully saturated rings. The zero-order valence-corrected chi connectivity index (χ0v) is 15.1. The molecule has 0 saturated carbocycles. The molecule has 1 heterocycles. The minimum Gasteiger partial charge on any atom is -0.368 e. The predicted molar refractivity (Wildman–Crippen MR) is 92.9 cm³/mol. The van der Waals surface area contributed by atoms with E-state index in [4.69, 9.17) is 4.74 Å². The molecule has 0 N–H and O–H groups in total. The molecule has 2 heteroatoms. The normalized spacial score (nSPS) is 22.7. The van der Waals surface area contributed by atoms with E-state index in [1.165, 1.54) is 64.2 Å². The van der Waals surface area contributed by atoms with Gasteiger partial charge in [-0.15, -0.1) is 0 Å². The Balaban J connectivity index is 2.08. The van der Waals surface area contributed by atoms with Crippen LogP contribution >= 0.6 is 0 Å². The van der Waals surface area contributed by atoms with Crippen molar-refractivity contribution in [1.82, 2.24) is 4.90 Å². The SMILES string of the molecule is CCCCCCCCCCCC(N(CC)CC)C1(C)CO1. The average Bonchev–Trinajstić information content (AvgIpc) is 3.23. The molecule has 126 valence electrons. The monoisotopic (exact) mass is 297 g/mol. The minimum atomic E-state index is 0.159. The summed E-state index contributed by atoms with van der Waals surface area (Å²) in [6.45, 7) is 12.4. The molecular weight excluding hydrogens is 258 g/mol. The third-order valence-electron chi connectivity index (χ3n) is 5.14. The van der Waals surface area contributed by atoms with Crippen LogP contribution < -0.4 is 0 Å². The number of hydrogen-bond donors (Lipinski definition) is 0. The van der Waals surface area contributed by atoms with E-state index in [0.717, 1.165) is 19.7 Å². The molecular formula is C19H39NO. The van der Waals surface area contributed by atoms with E-state index in [1.807, 2.05) is 0 Å². The van der Waals surface area contributed by atoms with E-state index in [1.54, 1.807) is 0 Å². The number of rotatable bonds is 14. The quantitative estimate of drug-likeness (QED) is 0.315.